The fourth-order valence-electron chi connectivity index (χ4n) is 1.45. The van der Waals surface area contributed by atoms with Gasteiger partial charge in [0.1, 0.15) is 0 Å². The minimum atomic E-state index is -0.285. The molecule has 0 spiro atoms. The van der Waals surface area contributed by atoms with Crippen LogP contribution in [0.1, 0.15) is 29.8 Å². The van der Waals surface area contributed by atoms with Gasteiger partial charge >= 0.3 is 0 Å². The standard InChI is InChI=1S/C14H21NO2S/c1-14(2,10-16)9-15-13(17)12-6-4-5-11(7-12)8-18-3/h4-7,16H,8-10H2,1-3H3,(H,15,17). The smallest absolute Gasteiger partial charge is 0.251 e. The van der Waals surface area contributed by atoms with Crippen LogP contribution in [0.3, 0.4) is 0 Å². The second-order valence-electron chi connectivity index (χ2n) is 5.14. The average Bonchev–Trinajstić information content (AvgIpc) is 2.37. The zero-order valence-corrected chi connectivity index (χ0v) is 12.0. The van der Waals surface area contributed by atoms with Crippen LogP contribution < -0.4 is 5.32 Å². The molecule has 0 aromatic heterocycles. The third-order valence-corrected chi connectivity index (χ3v) is 3.28. The van der Waals surface area contributed by atoms with Crippen LogP contribution in [0.5, 0.6) is 0 Å². The minimum Gasteiger partial charge on any atom is -0.396 e. The summed E-state index contributed by atoms with van der Waals surface area (Å²) in [6.07, 6.45) is 2.04. The number of hydrogen-bond donors (Lipinski definition) is 2. The Morgan fingerprint density at radius 1 is 1.44 bits per heavy atom. The second-order valence-corrected chi connectivity index (χ2v) is 6.00. The van der Waals surface area contributed by atoms with Crippen molar-refractivity contribution < 1.29 is 9.90 Å². The van der Waals surface area contributed by atoms with Crippen LogP contribution >= 0.6 is 11.8 Å². The van der Waals surface area contributed by atoms with Crippen LogP contribution in [0.15, 0.2) is 24.3 Å². The lowest BCUT2D eigenvalue weighted by molar-refractivity contribution is 0.0911. The molecule has 4 heteroatoms. The highest BCUT2D eigenvalue weighted by molar-refractivity contribution is 7.97. The molecule has 1 aromatic carbocycles. The van der Waals surface area contributed by atoms with Crippen molar-refractivity contribution in [3.63, 3.8) is 0 Å². The Morgan fingerprint density at radius 3 is 2.78 bits per heavy atom. The van der Waals surface area contributed by atoms with Crippen LogP contribution in [-0.2, 0) is 5.75 Å². The monoisotopic (exact) mass is 267 g/mol. The molecule has 0 aliphatic heterocycles. The Balaban J connectivity index is 2.64. The van der Waals surface area contributed by atoms with E-state index in [1.54, 1.807) is 11.8 Å². The van der Waals surface area contributed by atoms with Gasteiger partial charge in [0.25, 0.3) is 5.91 Å². The molecule has 0 fully saturated rings. The van der Waals surface area contributed by atoms with E-state index >= 15 is 0 Å². The SMILES string of the molecule is CSCc1cccc(C(=O)NCC(C)(C)CO)c1. The molecule has 0 aliphatic carbocycles. The number of nitrogens with one attached hydrogen (secondary N) is 1. The molecule has 2 N–H and O–H groups in total. The van der Waals surface area contributed by atoms with E-state index in [9.17, 15) is 4.79 Å². The molecule has 1 rings (SSSR count). The van der Waals surface area contributed by atoms with Crippen molar-refractivity contribution in [3.8, 4) is 0 Å². The maximum absolute atomic E-state index is 12.0. The van der Waals surface area contributed by atoms with Crippen molar-refractivity contribution in [1.82, 2.24) is 5.32 Å². The molecule has 0 saturated heterocycles. The van der Waals surface area contributed by atoms with Crippen LogP contribution in [0.25, 0.3) is 0 Å². The molecular formula is C14H21NO2S. The molecule has 0 radical (unpaired) electrons. The lowest BCUT2D eigenvalue weighted by Crippen LogP contribution is -2.36. The Bertz CT molecular complexity index is 405. The highest BCUT2D eigenvalue weighted by Gasteiger charge is 2.17. The third kappa shape index (κ3) is 4.70. The van der Waals surface area contributed by atoms with E-state index in [1.807, 2.05) is 44.4 Å². The molecule has 0 atom stereocenters. The van der Waals surface area contributed by atoms with Gasteiger partial charge in [0.05, 0.1) is 0 Å². The number of amides is 1. The van der Waals surface area contributed by atoms with Crippen LogP contribution in [0.4, 0.5) is 0 Å². The van der Waals surface area contributed by atoms with Gasteiger partial charge in [-0.1, -0.05) is 26.0 Å². The first kappa shape index (κ1) is 15.1. The summed E-state index contributed by atoms with van der Waals surface area (Å²) in [4.78, 5) is 12.0. The van der Waals surface area contributed by atoms with Gasteiger partial charge in [0, 0.05) is 29.9 Å². The zero-order chi connectivity index (χ0) is 13.6. The van der Waals surface area contributed by atoms with E-state index in [0.717, 1.165) is 11.3 Å². The molecule has 1 aromatic rings. The van der Waals surface area contributed by atoms with Crippen molar-refractivity contribution in [1.29, 1.82) is 0 Å². The second kappa shape index (κ2) is 6.81. The summed E-state index contributed by atoms with van der Waals surface area (Å²) < 4.78 is 0. The highest BCUT2D eigenvalue weighted by atomic mass is 32.2. The van der Waals surface area contributed by atoms with Gasteiger partial charge < -0.3 is 10.4 Å². The summed E-state index contributed by atoms with van der Waals surface area (Å²) in [5, 5.41) is 12.0. The lowest BCUT2D eigenvalue weighted by Gasteiger charge is -2.21. The van der Waals surface area contributed by atoms with Gasteiger partial charge in [-0.05, 0) is 24.0 Å². The normalized spacial score (nSPS) is 11.3. The Morgan fingerprint density at radius 2 is 2.17 bits per heavy atom. The number of hydrogen-bond acceptors (Lipinski definition) is 3. The molecule has 0 aliphatic rings. The molecule has 3 nitrogen and oxygen atoms in total. The number of aliphatic hydroxyl groups is 1. The zero-order valence-electron chi connectivity index (χ0n) is 11.2. The van der Waals surface area contributed by atoms with Gasteiger partial charge in [-0.3, -0.25) is 4.79 Å². The fraction of sp³-hybridized carbons (Fsp3) is 0.500. The lowest BCUT2D eigenvalue weighted by atomic mass is 9.95. The van der Waals surface area contributed by atoms with Gasteiger partial charge in [0.15, 0.2) is 0 Å². The summed E-state index contributed by atoms with van der Waals surface area (Å²) in [7, 11) is 0. The predicted molar refractivity (Wildman–Crippen MR) is 76.9 cm³/mol. The van der Waals surface area contributed by atoms with Crippen LogP contribution in [0.2, 0.25) is 0 Å². The Hall–Kier alpha value is -1.00. The van der Waals surface area contributed by atoms with Crippen LogP contribution in [0, 0.1) is 5.41 Å². The molecule has 0 unspecified atom stereocenters. The van der Waals surface area contributed by atoms with E-state index in [-0.39, 0.29) is 17.9 Å². The molecule has 1 amide bonds. The Kier molecular flexibility index (Phi) is 5.69. The van der Waals surface area contributed by atoms with E-state index < -0.39 is 0 Å². The number of carbonyl (C=O) groups is 1. The average molecular weight is 267 g/mol. The maximum Gasteiger partial charge on any atom is 0.251 e. The summed E-state index contributed by atoms with van der Waals surface area (Å²) >= 11 is 1.73. The molecule has 100 valence electrons. The predicted octanol–water partition coefficient (Wildman–Crippen LogP) is 2.30. The quantitative estimate of drug-likeness (QED) is 0.831. The molecular weight excluding hydrogens is 246 g/mol. The molecule has 0 saturated carbocycles. The van der Waals surface area contributed by atoms with Crippen molar-refractivity contribution in [2.45, 2.75) is 19.6 Å². The third-order valence-electron chi connectivity index (χ3n) is 2.66. The van der Waals surface area contributed by atoms with Crippen LogP contribution in [-0.4, -0.2) is 30.4 Å². The molecule has 0 bridgehead atoms. The summed E-state index contributed by atoms with van der Waals surface area (Å²) in [5.41, 5.74) is 1.54. The summed E-state index contributed by atoms with van der Waals surface area (Å²) in [5.74, 6) is 0.822. The van der Waals surface area contributed by atoms with E-state index in [1.165, 1.54) is 0 Å². The first-order valence-electron chi connectivity index (χ1n) is 5.95. The summed E-state index contributed by atoms with van der Waals surface area (Å²) in [6, 6.07) is 7.64. The van der Waals surface area contributed by atoms with Crippen molar-refractivity contribution in [2.24, 2.45) is 5.41 Å². The van der Waals surface area contributed by atoms with E-state index in [2.05, 4.69) is 5.32 Å². The van der Waals surface area contributed by atoms with Gasteiger partial charge in [-0.25, -0.2) is 0 Å². The van der Waals surface area contributed by atoms with Gasteiger partial charge in [-0.2, -0.15) is 11.8 Å². The van der Waals surface area contributed by atoms with Crippen molar-refractivity contribution in [2.75, 3.05) is 19.4 Å². The molecule has 0 heterocycles. The number of thioether (sulfide) groups is 1. The summed E-state index contributed by atoms with van der Waals surface area (Å²) in [6.45, 7) is 4.35. The van der Waals surface area contributed by atoms with E-state index in [0.29, 0.717) is 12.1 Å². The van der Waals surface area contributed by atoms with Gasteiger partial charge in [-0.15, -0.1) is 0 Å². The topological polar surface area (TPSA) is 49.3 Å². The highest BCUT2D eigenvalue weighted by Crippen LogP contribution is 2.13. The number of carbonyl (C=O) groups excluding carboxylic acids is 1. The first-order chi connectivity index (χ1) is 8.48. The number of rotatable bonds is 6. The minimum absolute atomic E-state index is 0.0554. The number of benzene rings is 1. The number of aliphatic hydroxyl groups excluding tert-OH is 1. The van der Waals surface area contributed by atoms with Crippen molar-refractivity contribution in [3.05, 3.63) is 35.4 Å². The maximum atomic E-state index is 12.0. The Labute approximate surface area is 113 Å². The van der Waals surface area contributed by atoms with E-state index in [4.69, 9.17) is 5.11 Å². The fourth-order valence-corrected chi connectivity index (χ4v) is 1.96. The first-order valence-corrected chi connectivity index (χ1v) is 7.35. The van der Waals surface area contributed by atoms with Gasteiger partial charge in [0.2, 0.25) is 0 Å². The largest absolute Gasteiger partial charge is 0.396 e. The molecule has 18 heavy (non-hydrogen) atoms. The van der Waals surface area contributed by atoms with Crippen molar-refractivity contribution >= 4 is 17.7 Å².